The van der Waals surface area contributed by atoms with Crippen molar-refractivity contribution in [3.63, 3.8) is 0 Å². The van der Waals surface area contributed by atoms with Gasteiger partial charge in [0.25, 0.3) is 0 Å². The monoisotopic (exact) mass is 406 g/mol. The fourth-order valence-electron chi connectivity index (χ4n) is 1.25. The van der Waals surface area contributed by atoms with Gasteiger partial charge < -0.3 is 10.6 Å². The van der Waals surface area contributed by atoms with E-state index >= 15 is 0 Å². The summed E-state index contributed by atoms with van der Waals surface area (Å²) in [6.45, 7) is 3.27. The summed E-state index contributed by atoms with van der Waals surface area (Å²) in [7, 11) is 2.83. The molecule has 10 nitrogen and oxygen atoms in total. The van der Waals surface area contributed by atoms with Crippen LogP contribution in [0.25, 0.3) is 0 Å². The molecule has 13 heteroatoms. The van der Waals surface area contributed by atoms with Gasteiger partial charge >= 0.3 is 12.1 Å². The van der Waals surface area contributed by atoms with Gasteiger partial charge in [-0.15, -0.1) is 10.2 Å². The predicted octanol–water partition coefficient (Wildman–Crippen LogP) is 0.410. The Morgan fingerprint density at radius 1 is 0.840 bits per heavy atom. The van der Waals surface area contributed by atoms with E-state index in [0.717, 1.165) is 23.5 Å². The zero-order valence-corrected chi connectivity index (χ0v) is 16.4. The van der Waals surface area contributed by atoms with Crippen LogP contribution in [0.3, 0.4) is 0 Å². The predicted molar refractivity (Wildman–Crippen MR) is 95.7 cm³/mol. The molecule has 0 radical (unpaired) electrons. The summed E-state index contributed by atoms with van der Waals surface area (Å²) in [6, 6.07) is -1.16. The summed E-state index contributed by atoms with van der Waals surface area (Å²) in [4.78, 5) is 45.8. The number of hydrogen-bond donors (Lipinski definition) is 4. The second-order valence-corrected chi connectivity index (χ2v) is 8.64. The van der Waals surface area contributed by atoms with Crippen LogP contribution in [-0.2, 0) is 9.59 Å². The summed E-state index contributed by atoms with van der Waals surface area (Å²) >= 11 is 3.52. The van der Waals surface area contributed by atoms with Crippen LogP contribution in [0.1, 0.15) is 13.8 Å². The van der Waals surface area contributed by atoms with E-state index in [1.54, 1.807) is 13.8 Å². The van der Waals surface area contributed by atoms with E-state index in [4.69, 9.17) is 0 Å². The highest BCUT2D eigenvalue weighted by Gasteiger charge is 2.21. The molecule has 0 unspecified atom stereocenters. The van der Waals surface area contributed by atoms with Gasteiger partial charge in [0.15, 0.2) is 8.68 Å². The van der Waals surface area contributed by atoms with Gasteiger partial charge in [-0.05, 0) is 13.8 Å². The number of carbonyl (C=O) groups is 4. The molecule has 0 spiro atoms. The van der Waals surface area contributed by atoms with Crippen LogP contribution in [0.15, 0.2) is 8.68 Å². The quantitative estimate of drug-likeness (QED) is 0.498. The van der Waals surface area contributed by atoms with Gasteiger partial charge in [-0.3, -0.25) is 20.2 Å². The van der Waals surface area contributed by atoms with Crippen molar-refractivity contribution >= 4 is 58.7 Å². The van der Waals surface area contributed by atoms with E-state index in [1.807, 2.05) is 0 Å². The van der Waals surface area contributed by atoms with E-state index in [2.05, 4.69) is 31.5 Å². The molecule has 0 saturated heterocycles. The number of hydrogen-bond acceptors (Lipinski definition) is 9. The van der Waals surface area contributed by atoms with Gasteiger partial charge in [0, 0.05) is 14.1 Å². The van der Waals surface area contributed by atoms with E-state index in [0.29, 0.717) is 8.68 Å². The fraction of sp³-hybridized carbons (Fsp3) is 0.500. The van der Waals surface area contributed by atoms with Crippen molar-refractivity contribution in [2.75, 3.05) is 14.1 Å². The van der Waals surface area contributed by atoms with Crippen LogP contribution in [-0.4, -0.2) is 58.7 Å². The third-order valence-electron chi connectivity index (χ3n) is 2.61. The van der Waals surface area contributed by atoms with E-state index in [1.165, 1.54) is 25.4 Å². The second kappa shape index (κ2) is 10.2. The zero-order valence-electron chi connectivity index (χ0n) is 13.9. The van der Waals surface area contributed by atoms with Crippen molar-refractivity contribution in [1.29, 1.82) is 0 Å². The molecule has 0 fully saturated rings. The molecule has 6 amide bonds. The van der Waals surface area contributed by atoms with Crippen molar-refractivity contribution in [2.24, 2.45) is 0 Å². The number of nitrogens with one attached hydrogen (secondary N) is 4. The highest BCUT2D eigenvalue weighted by molar-refractivity contribution is 8.04. The molecule has 0 aliphatic carbocycles. The summed E-state index contributed by atoms with van der Waals surface area (Å²) in [5.74, 6) is -0.904. The average molecular weight is 407 g/mol. The molecule has 1 aromatic heterocycles. The Balaban J connectivity index is 2.55. The van der Waals surface area contributed by atoms with Crippen LogP contribution in [0.4, 0.5) is 9.59 Å². The largest absolute Gasteiger partial charge is 0.341 e. The number of nitrogens with zero attached hydrogens (tertiary/aromatic N) is 2. The summed E-state index contributed by atoms with van der Waals surface area (Å²) in [5, 5.41) is 15.7. The minimum Gasteiger partial charge on any atom is -0.341 e. The molecule has 138 valence electrons. The SMILES string of the molecule is CNC(=O)NC(=O)[C@H](C)Sc1nnc(S[C@@H](C)C(=O)NC(=O)NC)s1. The topological polar surface area (TPSA) is 142 Å². The molecule has 1 rings (SSSR count). The standard InChI is InChI=1S/C12H18N6O4S3/c1-5(7(19)15-9(21)13-3)23-11-17-18-12(25-11)24-6(2)8(20)16-10(22)14-4/h5-6H,1-4H3,(H2,13,15,19,21)(H2,14,16,20,22)/t5-,6-/m0/s1. The van der Waals surface area contributed by atoms with Gasteiger partial charge in [0.05, 0.1) is 10.5 Å². The molecule has 2 atom stereocenters. The maximum absolute atomic E-state index is 11.8. The lowest BCUT2D eigenvalue weighted by atomic mass is 10.4. The number of carbonyl (C=O) groups excluding carboxylic acids is 4. The van der Waals surface area contributed by atoms with Gasteiger partial charge in [0.2, 0.25) is 11.8 Å². The second-order valence-electron chi connectivity index (χ2n) is 4.49. The lowest BCUT2D eigenvalue weighted by Crippen LogP contribution is -2.41. The third kappa shape index (κ3) is 7.27. The Bertz CT molecular complexity index is 600. The van der Waals surface area contributed by atoms with Gasteiger partial charge in [0.1, 0.15) is 0 Å². The van der Waals surface area contributed by atoms with Crippen LogP contribution in [0.2, 0.25) is 0 Å². The first-order valence-corrected chi connectivity index (χ1v) is 9.56. The molecular weight excluding hydrogens is 388 g/mol. The van der Waals surface area contributed by atoms with E-state index in [9.17, 15) is 19.2 Å². The number of rotatable bonds is 6. The molecule has 0 aliphatic rings. The molecule has 1 heterocycles. The molecular formula is C12H18N6O4S3. The van der Waals surface area contributed by atoms with E-state index in [-0.39, 0.29) is 0 Å². The normalized spacial score (nSPS) is 12.6. The first kappa shape index (κ1) is 21.2. The summed E-state index contributed by atoms with van der Waals surface area (Å²) < 4.78 is 1.06. The zero-order chi connectivity index (χ0) is 19.0. The highest BCUT2D eigenvalue weighted by atomic mass is 32.2. The molecule has 25 heavy (non-hydrogen) atoms. The maximum atomic E-state index is 11.8. The van der Waals surface area contributed by atoms with Crippen LogP contribution < -0.4 is 21.3 Å². The van der Waals surface area contributed by atoms with Crippen molar-refractivity contribution in [2.45, 2.75) is 33.0 Å². The molecule has 0 aliphatic heterocycles. The van der Waals surface area contributed by atoms with Gasteiger partial charge in [-0.25, -0.2) is 9.59 Å². The van der Waals surface area contributed by atoms with Crippen molar-refractivity contribution in [3.8, 4) is 0 Å². The number of aromatic nitrogens is 2. The Labute approximate surface area is 156 Å². The van der Waals surface area contributed by atoms with Gasteiger partial charge in [-0.1, -0.05) is 34.9 Å². The summed E-state index contributed by atoms with van der Waals surface area (Å²) in [5.41, 5.74) is 0. The first-order chi connectivity index (χ1) is 11.8. The molecule has 0 aromatic carbocycles. The minimum atomic E-state index is -0.582. The van der Waals surface area contributed by atoms with Gasteiger partial charge in [-0.2, -0.15) is 0 Å². The fourth-order valence-corrected chi connectivity index (χ4v) is 4.56. The number of urea groups is 2. The van der Waals surface area contributed by atoms with Crippen molar-refractivity contribution in [3.05, 3.63) is 0 Å². The minimum absolute atomic E-state index is 0.452. The number of amides is 6. The highest BCUT2D eigenvalue weighted by Crippen LogP contribution is 2.33. The molecule has 4 N–H and O–H groups in total. The molecule has 1 aromatic rings. The molecule has 0 saturated carbocycles. The first-order valence-electron chi connectivity index (χ1n) is 6.98. The number of thioether (sulfide) groups is 2. The van der Waals surface area contributed by atoms with Crippen molar-refractivity contribution in [1.82, 2.24) is 31.5 Å². The maximum Gasteiger partial charge on any atom is 0.321 e. The smallest absolute Gasteiger partial charge is 0.321 e. The van der Waals surface area contributed by atoms with Crippen LogP contribution in [0, 0.1) is 0 Å². The molecule has 0 bridgehead atoms. The lowest BCUT2D eigenvalue weighted by Gasteiger charge is -2.09. The Morgan fingerprint density at radius 3 is 1.52 bits per heavy atom. The number of imide groups is 2. The summed E-state index contributed by atoms with van der Waals surface area (Å²) in [6.07, 6.45) is 0. The van der Waals surface area contributed by atoms with E-state index < -0.39 is 34.4 Å². The Morgan fingerprint density at radius 2 is 1.20 bits per heavy atom. The Kier molecular flexibility index (Phi) is 8.65. The average Bonchev–Trinajstić information content (AvgIpc) is 3.00. The third-order valence-corrected chi connectivity index (χ3v) is 5.90. The van der Waals surface area contributed by atoms with Crippen LogP contribution in [0.5, 0.6) is 0 Å². The lowest BCUT2D eigenvalue weighted by molar-refractivity contribution is -0.120. The Hall–Kier alpha value is -1.86. The van der Waals surface area contributed by atoms with Crippen LogP contribution >= 0.6 is 34.9 Å². The van der Waals surface area contributed by atoms with Crippen molar-refractivity contribution < 1.29 is 19.2 Å².